The van der Waals surface area contributed by atoms with Gasteiger partial charge < -0.3 is 20.1 Å². The molecule has 2 atom stereocenters. The van der Waals surface area contributed by atoms with Gasteiger partial charge in [0.05, 0.1) is 17.8 Å². The molecule has 0 spiro atoms. The number of amides is 1. The first-order chi connectivity index (χ1) is 17.4. The summed E-state index contributed by atoms with van der Waals surface area (Å²) in [5, 5.41) is 6.96. The van der Waals surface area contributed by atoms with Gasteiger partial charge in [-0.25, -0.2) is 4.39 Å². The number of benzene rings is 1. The monoisotopic (exact) mass is 505 g/mol. The molecule has 188 valence electrons. The summed E-state index contributed by atoms with van der Waals surface area (Å²) < 4.78 is 15.7. The van der Waals surface area contributed by atoms with Crippen molar-refractivity contribution < 1.29 is 9.18 Å². The molecule has 8 heteroatoms. The van der Waals surface area contributed by atoms with Crippen molar-refractivity contribution in [2.75, 3.05) is 11.9 Å². The molecule has 2 N–H and O–H groups in total. The van der Waals surface area contributed by atoms with E-state index in [2.05, 4.69) is 45.0 Å². The zero-order valence-corrected chi connectivity index (χ0v) is 21.5. The third-order valence-corrected chi connectivity index (χ3v) is 7.79. The maximum Gasteiger partial charge on any atom is 0.226 e. The average Bonchev–Trinajstić information content (AvgIpc) is 3.58. The molecular weight excluding hydrogens is 473 g/mol. The highest BCUT2D eigenvalue weighted by molar-refractivity contribution is 7.80. The van der Waals surface area contributed by atoms with Crippen molar-refractivity contribution in [2.45, 2.75) is 64.1 Å². The molecule has 2 fully saturated rings. The van der Waals surface area contributed by atoms with Crippen LogP contribution in [0.4, 0.5) is 10.1 Å². The molecule has 1 aromatic carbocycles. The molecule has 2 aromatic heterocycles. The smallest absolute Gasteiger partial charge is 0.226 e. The number of nitrogens with one attached hydrogen (secondary N) is 2. The Morgan fingerprint density at radius 1 is 1.17 bits per heavy atom. The van der Waals surface area contributed by atoms with Gasteiger partial charge in [0.15, 0.2) is 5.11 Å². The molecule has 6 nitrogen and oxygen atoms in total. The van der Waals surface area contributed by atoms with Gasteiger partial charge in [-0.1, -0.05) is 18.9 Å². The SMILES string of the molecule is Cc1cc([C@H]2[C@@H](c3ccccn3)NC(=S)N2CCC(=O)Nc2ccc(F)cc2)c(C)n1C1CCCC1. The second-order valence-electron chi connectivity index (χ2n) is 9.76. The van der Waals surface area contributed by atoms with Crippen LogP contribution in [0.3, 0.4) is 0 Å². The standard InChI is InChI=1S/C28H32FN5OS/c1-18-17-23(19(2)34(18)22-7-3-4-8-22)27-26(24-9-5-6-15-30-24)32-28(36)33(27)16-14-25(35)31-21-12-10-20(29)11-13-21/h5-6,9-13,15,17,22,26-27H,3-4,7-8,14,16H2,1-2H3,(H,31,35)(H,32,36)/t26-,27+/m1/s1. The number of pyridine rings is 1. The largest absolute Gasteiger partial charge is 0.352 e. The van der Waals surface area contributed by atoms with Crippen LogP contribution in [0.15, 0.2) is 54.7 Å². The Bertz CT molecular complexity index is 1240. The molecule has 36 heavy (non-hydrogen) atoms. The van der Waals surface area contributed by atoms with E-state index in [9.17, 15) is 9.18 Å². The van der Waals surface area contributed by atoms with Gasteiger partial charge in [-0.15, -0.1) is 0 Å². The number of hydrogen-bond donors (Lipinski definition) is 2. The third kappa shape index (κ3) is 4.87. The second-order valence-corrected chi connectivity index (χ2v) is 10.1. The summed E-state index contributed by atoms with van der Waals surface area (Å²) in [6.45, 7) is 4.85. The van der Waals surface area contributed by atoms with Crippen LogP contribution in [-0.2, 0) is 4.79 Å². The molecule has 0 unspecified atom stereocenters. The molecule has 1 aliphatic carbocycles. The minimum Gasteiger partial charge on any atom is -0.352 e. The fourth-order valence-corrected chi connectivity index (χ4v) is 6.12. The molecule has 0 bridgehead atoms. The van der Waals surface area contributed by atoms with Gasteiger partial charge in [0.25, 0.3) is 0 Å². The van der Waals surface area contributed by atoms with Gasteiger partial charge in [-0.3, -0.25) is 9.78 Å². The van der Waals surface area contributed by atoms with Crippen LogP contribution in [0.2, 0.25) is 0 Å². The van der Waals surface area contributed by atoms with Crippen LogP contribution in [0.5, 0.6) is 0 Å². The van der Waals surface area contributed by atoms with E-state index < -0.39 is 0 Å². The van der Waals surface area contributed by atoms with Crippen molar-refractivity contribution in [3.8, 4) is 0 Å². The first kappa shape index (κ1) is 24.4. The number of thiocarbonyl (C=S) groups is 1. The maximum atomic E-state index is 13.2. The topological polar surface area (TPSA) is 62.2 Å². The van der Waals surface area contributed by atoms with Crippen molar-refractivity contribution in [1.29, 1.82) is 0 Å². The zero-order chi connectivity index (χ0) is 25.2. The molecule has 2 aliphatic rings. The fraction of sp³-hybridized carbons (Fsp3) is 0.393. The van der Waals surface area contributed by atoms with E-state index in [1.165, 1.54) is 54.8 Å². The van der Waals surface area contributed by atoms with Crippen LogP contribution in [0.25, 0.3) is 0 Å². The van der Waals surface area contributed by atoms with E-state index in [4.69, 9.17) is 12.2 Å². The van der Waals surface area contributed by atoms with E-state index in [0.717, 1.165) is 5.69 Å². The first-order valence-electron chi connectivity index (χ1n) is 12.6. The molecule has 0 radical (unpaired) electrons. The van der Waals surface area contributed by atoms with Crippen molar-refractivity contribution in [3.05, 3.63) is 83.2 Å². The van der Waals surface area contributed by atoms with E-state index in [0.29, 0.717) is 23.4 Å². The summed E-state index contributed by atoms with van der Waals surface area (Å²) in [5.41, 5.74) is 5.25. The van der Waals surface area contributed by atoms with E-state index in [1.54, 1.807) is 18.3 Å². The van der Waals surface area contributed by atoms with Gasteiger partial charge in [0, 0.05) is 42.3 Å². The van der Waals surface area contributed by atoms with Gasteiger partial charge >= 0.3 is 0 Å². The highest BCUT2D eigenvalue weighted by Gasteiger charge is 2.41. The Balaban J connectivity index is 1.42. The van der Waals surface area contributed by atoms with Crippen LogP contribution >= 0.6 is 12.2 Å². The zero-order valence-electron chi connectivity index (χ0n) is 20.7. The quantitative estimate of drug-likeness (QED) is 0.400. The number of carbonyl (C=O) groups excluding carboxylic acids is 1. The summed E-state index contributed by atoms with van der Waals surface area (Å²) in [4.78, 5) is 19.5. The summed E-state index contributed by atoms with van der Waals surface area (Å²) in [6, 6.07) is 14.4. The lowest BCUT2D eigenvalue weighted by molar-refractivity contribution is -0.116. The number of aromatic nitrogens is 2. The summed E-state index contributed by atoms with van der Waals surface area (Å²) >= 11 is 5.79. The number of anilines is 1. The fourth-order valence-electron chi connectivity index (χ4n) is 5.79. The van der Waals surface area contributed by atoms with Crippen LogP contribution in [0.1, 0.15) is 72.9 Å². The number of halogens is 1. The highest BCUT2D eigenvalue weighted by Crippen LogP contribution is 2.43. The molecule has 1 saturated carbocycles. The summed E-state index contributed by atoms with van der Waals surface area (Å²) in [6.07, 6.45) is 7.04. The predicted octanol–water partition coefficient (Wildman–Crippen LogP) is 5.76. The average molecular weight is 506 g/mol. The normalized spacial score (nSPS) is 20.1. The molecular formula is C28H32FN5OS. The van der Waals surface area contributed by atoms with Crippen molar-refractivity contribution >= 4 is 28.9 Å². The lowest BCUT2D eigenvalue weighted by atomic mass is 9.96. The van der Waals surface area contributed by atoms with Crippen LogP contribution in [-0.4, -0.2) is 32.0 Å². The highest BCUT2D eigenvalue weighted by atomic mass is 32.1. The molecule has 5 rings (SSSR count). The first-order valence-corrected chi connectivity index (χ1v) is 13.0. The van der Waals surface area contributed by atoms with Crippen LogP contribution in [0, 0.1) is 19.7 Å². The van der Waals surface area contributed by atoms with Crippen LogP contribution < -0.4 is 10.6 Å². The lowest BCUT2D eigenvalue weighted by Crippen LogP contribution is -2.33. The lowest BCUT2D eigenvalue weighted by Gasteiger charge is -2.28. The number of hydrogen-bond acceptors (Lipinski definition) is 3. The number of aryl methyl sites for hydroxylation is 1. The maximum absolute atomic E-state index is 13.2. The van der Waals surface area contributed by atoms with E-state index >= 15 is 0 Å². The van der Waals surface area contributed by atoms with Gasteiger partial charge in [0.2, 0.25) is 5.91 Å². The Kier molecular flexibility index (Phi) is 7.05. The molecule has 1 amide bonds. The third-order valence-electron chi connectivity index (χ3n) is 7.44. The van der Waals surface area contributed by atoms with Gasteiger partial charge in [0.1, 0.15) is 5.82 Å². The summed E-state index contributed by atoms with van der Waals surface area (Å²) in [5.74, 6) is -0.471. The second kappa shape index (κ2) is 10.4. The number of rotatable bonds is 7. The van der Waals surface area contributed by atoms with E-state index in [1.807, 2.05) is 18.2 Å². The number of nitrogens with zero attached hydrogens (tertiary/aromatic N) is 3. The molecule has 1 saturated heterocycles. The van der Waals surface area contributed by atoms with Crippen molar-refractivity contribution in [2.24, 2.45) is 0 Å². The Morgan fingerprint density at radius 2 is 1.92 bits per heavy atom. The summed E-state index contributed by atoms with van der Waals surface area (Å²) in [7, 11) is 0. The molecule has 3 aromatic rings. The number of carbonyl (C=O) groups is 1. The van der Waals surface area contributed by atoms with Crippen molar-refractivity contribution in [3.63, 3.8) is 0 Å². The Morgan fingerprint density at radius 3 is 2.61 bits per heavy atom. The molecule has 1 aliphatic heterocycles. The van der Waals surface area contributed by atoms with Gasteiger partial charge in [-0.05, 0) is 86.9 Å². The minimum absolute atomic E-state index is 0.0765. The Labute approximate surface area is 216 Å². The van der Waals surface area contributed by atoms with Crippen molar-refractivity contribution in [1.82, 2.24) is 19.8 Å². The van der Waals surface area contributed by atoms with Gasteiger partial charge in [-0.2, -0.15) is 0 Å². The van der Waals surface area contributed by atoms with E-state index in [-0.39, 0.29) is 30.2 Å². The Hall–Kier alpha value is -3.26. The molecule has 3 heterocycles. The minimum atomic E-state index is -0.333. The predicted molar refractivity (Wildman–Crippen MR) is 143 cm³/mol.